The van der Waals surface area contributed by atoms with E-state index in [4.69, 9.17) is 5.73 Å². The van der Waals surface area contributed by atoms with Gasteiger partial charge >= 0.3 is 11.4 Å². The third-order valence-electron chi connectivity index (χ3n) is 7.60. The fourth-order valence-electron chi connectivity index (χ4n) is 7.16. The van der Waals surface area contributed by atoms with Gasteiger partial charge in [-0.1, -0.05) is 18.2 Å². The number of rotatable bonds is 2. The summed E-state index contributed by atoms with van der Waals surface area (Å²) in [6.45, 7) is 0. The van der Waals surface area contributed by atoms with E-state index in [0.717, 1.165) is 0 Å². The minimum absolute atomic E-state index is 0.0207. The lowest BCUT2D eigenvalue weighted by Gasteiger charge is -2.41. The molecule has 0 spiro atoms. The number of aromatic nitrogens is 3. The zero-order valence-electron chi connectivity index (χ0n) is 12.6. The Morgan fingerprint density at radius 2 is 1.67 bits per heavy atom. The van der Waals surface area contributed by atoms with E-state index in [9.17, 15) is 14.4 Å². The van der Waals surface area contributed by atoms with E-state index in [0.29, 0.717) is 29.4 Å². The second kappa shape index (κ2) is 3.03. The topological polar surface area (TPSA) is 92.0 Å². The molecule has 7 heteroatoms. The van der Waals surface area contributed by atoms with Gasteiger partial charge in [0.25, 0.3) is 0 Å². The lowest BCUT2D eigenvalue weighted by Crippen LogP contribution is -2.52. The van der Waals surface area contributed by atoms with Crippen molar-refractivity contribution in [2.45, 2.75) is 12.1 Å². The van der Waals surface area contributed by atoms with Crippen LogP contribution < -0.4 is 17.1 Å². The van der Waals surface area contributed by atoms with Crippen molar-refractivity contribution in [3.8, 4) is 5.69 Å². The van der Waals surface area contributed by atoms with Gasteiger partial charge in [-0.2, -0.15) is 0 Å². The van der Waals surface area contributed by atoms with Crippen LogP contribution in [-0.2, 0) is 4.79 Å². The Morgan fingerprint density at radius 1 is 0.958 bits per heavy atom. The highest BCUT2D eigenvalue weighted by Crippen LogP contribution is 2.96. The number of nitrogens with zero attached hydrogens (tertiary/aromatic N) is 3. The number of hydrogen-bond acceptors (Lipinski definition) is 3. The average molecular weight is 322 g/mol. The first-order valence-electron chi connectivity index (χ1n) is 8.43. The van der Waals surface area contributed by atoms with Crippen molar-refractivity contribution < 1.29 is 4.79 Å². The predicted molar refractivity (Wildman–Crippen MR) is 81.4 cm³/mol. The molecule has 0 unspecified atom stereocenters. The third kappa shape index (κ3) is 0.825. The van der Waals surface area contributed by atoms with Gasteiger partial charge in [0, 0.05) is 5.92 Å². The molecule has 4 aliphatic carbocycles. The second-order valence-corrected chi connectivity index (χ2v) is 7.94. The smallest absolute Gasteiger partial charge is 0.352 e. The highest BCUT2D eigenvalue weighted by atomic mass is 16.2. The maximum absolute atomic E-state index is 13.1. The van der Waals surface area contributed by atoms with Gasteiger partial charge in [0.05, 0.1) is 23.2 Å². The van der Waals surface area contributed by atoms with Crippen molar-refractivity contribution in [2.24, 2.45) is 40.7 Å². The SMILES string of the molecule is NC(=O)[C@@]12[C@@H]3[C@H]4[C@H]5[C@@H]4[C@H]1n1c(=O)n(-c4ccccc4)c(=O)n1[C@H]5[C@H]32. The molecule has 0 saturated heterocycles. The fourth-order valence-corrected chi connectivity index (χ4v) is 7.16. The molecule has 6 aliphatic rings. The Hall–Kier alpha value is -2.57. The Kier molecular flexibility index (Phi) is 1.50. The second-order valence-electron chi connectivity index (χ2n) is 7.94. The quantitative estimate of drug-likeness (QED) is 0.808. The van der Waals surface area contributed by atoms with Crippen LogP contribution in [0.3, 0.4) is 0 Å². The van der Waals surface area contributed by atoms with Crippen molar-refractivity contribution >= 4 is 5.91 Å². The van der Waals surface area contributed by atoms with Gasteiger partial charge < -0.3 is 5.73 Å². The third-order valence-corrected chi connectivity index (χ3v) is 7.60. The molecule has 4 fully saturated rings. The highest BCUT2D eigenvalue weighted by molar-refractivity contribution is 5.89. The molecule has 4 saturated carbocycles. The molecule has 2 aliphatic heterocycles. The van der Waals surface area contributed by atoms with Crippen LogP contribution in [0.25, 0.3) is 5.69 Å². The maximum atomic E-state index is 13.1. The number of amides is 1. The maximum Gasteiger partial charge on any atom is 0.352 e. The summed E-state index contributed by atoms with van der Waals surface area (Å²) in [5, 5.41) is 0. The predicted octanol–water partition coefficient (Wildman–Crippen LogP) is -0.496. The molecule has 1 aromatic carbocycles. The monoisotopic (exact) mass is 322 g/mol. The Bertz CT molecular complexity index is 1100. The number of hydrogen-bond donors (Lipinski definition) is 1. The molecule has 2 bridgehead atoms. The molecule has 2 N–H and O–H groups in total. The average Bonchev–Trinajstić information content (AvgIpc) is 3.37. The number of carbonyl (C=O) groups is 1. The molecule has 1 amide bonds. The van der Waals surface area contributed by atoms with Crippen molar-refractivity contribution in [2.75, 3.05) is 0 Å². The van der Waals surface area contributed by atoms with Crippen LogP contribution in [-0.4, -0.2) is 19.8 Å². The molecule has 0 radical (unpaired) electrons. The van der Waals surface area contributed by atoms with Crippen LogP contribution in [0.5, 0.6) is 0 Å². The van der Waals surface area contributed by atoms with E-state index in [-0.39, 0.29) is 35.3 Å². The summed E-state index contributed by atoms with van der Waals surface area (Å²) in [7, 11) is 0. The highest BCUT2D eigenvalue weighted by Gasteiger charge is 2.99. The minimum atomic E-state index is -0.562. The van der Waals surface area contributed by atoms with Crippen LogP contribution in [0.1, 0.15) is 12.1 Å². The minimum Gasteiger partial charge on any atom is -0.369 e. The van der Waals surface area contributed by atoms with E-state index >= 15 is 0 Å². The van der Waals surface area contributed by atoms with E-state index in [1.165, 1.54) is 4.57 Å². The Balaban J connectivity index is 1.56. The lowest BCUT2D eigenvalue weighted by molar-refractivity contribution is -0.129. The fraction of sp³-hybridized carbons (Fsp3) is 0.471. The molecular weight excluding hydrogens is 308 g/mol. The van der Waals surface area contributed by atoms with Gasteiger partial charge in [-0.05, 0) is 35.8 Å². The summed E-state index contributed by atoms with van der Waals surface area (Å²) < 4.78 is 4.47. The van der Waals surface area contributed by atoms with Crippen molar-refractivity contribution in [1.29, 1.82) is 0 Å². The van der Waals surface area contributed by atoms with Crippen LogP contribution in [0.4, 0.5) is 0 Å². The zero-order chi connectivity index (χ0) is 16.1. The number of carbonyl (C=O) groups excluding carboxylic acids is 1. The van der Waals surface area contributed by atoms with Gasteiger partial charge in [0.1, 0.15) is 0 Å². The summed E-state index contributed by atoms with van der Waals surface area (Å²) in [5.41, 5.74) is 5.17. The summed E-state index contributed by atoms with van der Waals surface area (Å²) >= 11 is 0. The van der Waals surface area contributed by atoms with Crippen molar-refractivity contribution in [3.05, 3.63) is 51.3 Å². The first kappa shape index (κ1) is 11.9. The van der Waals surface area contributed by atoms with Crippen LogP contribution in [0.2, 0.25) is 0 Å². The molecule has 2 aromatic rings. The number of benzene rings is 1. The normalized spacial score (nSPS) is 46.8. The molecule has 3 heterocycles. The lowest BCUT2D eigenvalue weighted by atomic mass is 9.78. The number of primary amides is 1. The van der Waals surface area contributed by atoms with Gasteiger partial charge in [0.2, 0.25) is 5.91 Å². The number of nitrogens with two attached hydrogens (primary N) is 1. The van der Waals surface area contributed by atoms with Gasteiger partial charge in [-0.3, -0.25) is 4.79 Å². The van der Waals surface area contributed by atoms with Crippen LogP contribution >= 0.6 is 0 Å². The number of para-hydroxylation sites is 1. The standard InChI is InChI=1S/C17H14N4O3/c18-14(22)17-10-7-8-9(7)13(17)21-16(24)19(6-4-2-1-3-5-6)15(23)20(21)12(8)11(10)17/h1-5,7-13H,(H2,18,22)/t7-,8-,9+,10+,11-,12+,13+,17+/m0/s1. The molecule has 8 rings (SSSR count). The summed E-state index contributed by atoms with van der Waals surface area (Å²) in [5.74, 6) is 1.52. The zero-order valence-corrected chi connectivity index (χ0v) is 12.6. The van der Waals surface area contributed by atoms with E-state index in [1.54, 1.807) is 33.6 Å². The van der Waals surface area contributed by atoms with Crippen LogP contribution in [0.15, 0.2) is 39.9 Å². The van der Waals surface area contributed by atoms with Crippen LogP contribution in [0, 0.1) is 35.0 Å². The first-order valence-corrected chi connectivity index (χ1v) is 8.43. The van der Waals surface area contributed by atoms with Gasteiger partial charge in [-0.15, -0.1) is 0 Å². The van der Waals surface area contributed by atoms with Crippen molar-refractivity contribution in [1.82, 2.24) is 13.9 Å². The molecule has 8 atom stereocenters. The van der Waals surface area contributed by atoms with Crippen molar-refractivity contribution in [3.63, 3.8) is 0 Å². The molecule has 1 aromatic heterocycles. The molecular formula is C17H14N4O3. The Labute approximate surface area is 135 Å². The molecule has 7 nitrogen and oxygen atoms in total. The van der Waals surface area contributed by atoms with E-state index < -0.39 is 5.41 Å². The summed E-state index contributed by atoms with van der Waals surface area (Å²) in [6.07, 6.45) is 0. The first-order chi connectivity index (χ1) is 11.6. The molecule has 24 heavy (non-hydrogen) atoms. The summed E-state index contributed by atoms with van der Waals surface area (Å²) in [4.78, 5) is 38.4. The summed E-state index contributed by atoms with van der Waals surface area (Å²) in [6, 6.07) is 8.74. The largest absolute Gasteiger partial charge is 0.369 e. The van der Waals surface area contributed by atoms with Gasteiger partial charge in [-0.25, -0.2) is 23.5 Å². The van der Waals surface area contributed by atoms with E-state index in [2.05, 4.69) is 0 Å². The van der Waals surface area contributed by atoms with Gasteiger partial charge in [0.15, 0.2) is 0 Å². The Morgan fingerprint density at radius 3 is 2.38 bits per heavy atom. The van der Waals surface area contributed by atoms with E-state index in [1.807, 2.05) is 6.07 Å². The molecule has 120 valence electrons.